The molecule has 0 fully saturated rings. The molecule has 3 heteroatoms. The van der Waals surface area contributed by atoms with Crippen molar-refractivity contribution in [1.29, 1.82) is 0 Å². The first-order valence-corrected chi connectivity index (χ1v) is 6.54. The maximum atomic E-state index is 6.02. The molecule has 2 rings (SSSR count). The van der Waals surface area contributed by atoms with Crippen molar-refractivity contribution in [1.82, 2.24) is 4.98 Å². The molecule has 2 N–H and O–H groups in total. The number of hydrogen-bond acceptors (Lipinski definition) is 3. The molecule has 1 heterocycles. The molecule has 0 aliphatic heterocycles. The minimum atomic E-state index is -0.00845. The number of pyridine rings is 1. The van der Waals surface area contributed by atoms with Crippen LogP contribution in [0.5, 0.6) is 5.75 Å². The molecule has 0 bridgehead atoms. The average Bonchev–Trinajstić information content (AvgIpc) is 2.38. The van der Waals surface area contributed by atoms with E-state index in [1.54, 1.807) is 6.20 Å². The van der Waals surface area contributed by atoms with Gasteiger partial charge in [-0.15, -0.1) is 0 Å². The van der Waals surface area contributed by atoms with Crippen molar-refractivity contribution in [3.63, 3.8) is 0 Å². The third-order valence-electron chi connectivity index (χ3n) is 2.85. The molecule has 1 atom stereocenters. The molecule has 1 aromatic carbocycles. The van der Waals surface area contributed by atoms with Crippen molar-refractivity contribution in [3.05, 3.63) is 48.3 Å². The number of aromatic nitrogens is 1. The van der Waals surface area contributed by atoms with E-state index >= 15 is 0 Å². The van der Waals surface area contributed by atoms with Crippen LogP contribution in [-0.2, 0) is 0 Å². The summed E-state index contributed by atoms with van der Waals surface area (Å²) in [5, 5.41) is 0. The molecule has 100 valence electrons. The predicted molar refractivity (Wildman–Crippen MR) is 78.0 cm³/mol. The summed E-state index contributed by atoms with van der Waals surface area (Å²) in [4.78, 5) is 4.25. The fourth-order valence-corrected chi connectivity index (χ4v) is 2.06. The van der Waals surface area contributed by atoms with E-state index in [2.05, 4.69) is 17.1 Å². The first-order chi connectivity index (χ1) is 9.08. The van der Waals surface area contributed by atoms with Gasteiger partial charge in [-0.05, 0) is 38.0 Å². The van der Waals surface area contributed by atoms with E-state index < -0.39 is 0 Å². The fraction of sp³-hybridized carbons (Fsp3) is 0.312. The summed E-state index contributed by atoms with van der Waals surface area (Å²) in [7, 11) is 0. The Bertz CT molecular complexity index is 550. The van der Waals surface area contributed by atoms with Crippen LogP contribution in [0.25, 0.3) is 11.1 Å². The molecular formula is C16H20N2O. The van der Waals surface area contributed by atoms with E-state index in [1.165, 1.54) is 0 Å². The van der Waals surface area contributed by atoms with Crippen molar-refractivity contribution in [2.24, 2.45) is 5.73 Å². The van der Waals surface area contributed by atoms with Crippen LogP contribution in [0.3, 0.4) is 0 Å². The third kappa shape index (κ3) is 3.32. The van der Waals surface area contributed by atoms with Crippen molar-refractivity contribution in [3.8, 4) is 16.9 Å². The second kappa shape index (κ2) is 5.85. The van der Waals surface area contributed by atoms with Crippen LogP contribution in [0.15, 0.2) is 42.7 Å². The highest BCUT2D eigenvalue weighted by Gasteiger charge is 2.09. The summed E-state index contributed by atoms with van der Waals surface area (Å²) < 4.78 is 5.68. The van der Waals surface area contributed by atoms with Gasteiger partial charge in [0, 0.05) is 17.8 Å². The molecule has 1 aromatic heterocycles. The molecule has 19 heavy (non-hydrogen) atoms. The van der Waals surface area contributed by atoms with E-state index in [0.29, 0.717) is 0 Å². The highest BCUT2D eigenvalue weighted by molar-refractivity contribution is 5.68. The monoisotopic (exact) mass is 256 g/mol. The molecule has 3 nitrogen and oxygen atoms in total. The Hall–Kier alpha value is -1.87. The number of hydrogen-bond donors (Lipinski definition) is 1. The standard InChI is InChI=1S/C16H20N2O/c1-11(2)19-14-8-13(9-18-10-14)16-7-5-4-6-15(16)12(3)17/h4-12H,17H2,1-3H3. The van der Waals surface area contributed by atoms with E-state index in [0.717, 1.165) is 22.4 Å². The average molecular weight is 256 g/mol. The van der Waals surface area contributed by atoms with E-state index in [9.17, 15) is 0 Å². The Morgan fingerprint density at radius 3 is 2.53 bits per heavy atom. The van der Waals surface area contributed by atoms with Crippen molar-refractivity contribution < 1.29 is 4.74 Å². The largest absolute Gasteiger partial charge is 0.489 e. The lowest BCUT2D eigenvalue weighted by atomic mass is 9.97. The summed E-state index contributed by atoms with van der Waals surface area (Å²) in [6.07, 6.45) is 3.72. The number of ether oxygens (including phenoxy) is 1. The maximum Gasteiger partial charge on any atom is 0.138 e. The molecule has 0 aliphatic carbocycles. The minimum Gasteiger partial charge on any atom is -0.489 e. The summed E-state index contributed by atoms with van der Waals surface area (Å²) >= 11 is 0. The maximum absolute atomic E-state index is 6.02. The summed E-state index contributed by atoms with van der Waals surface area (Å²) in [5.74, 6) is 0.784. The lowest BCUT2D eigenvalue weighted by Gasteiger charge is -2.14. The van der Waals surface area contributed by atoms with Gasteiger partial charge in [0.05, 0.1) is 12.3 Å². The smallest absolute Gasteiger partial charge is 0.138 e. The van der Waals surface area contributed by atoms with Crippen molar-refractivity contribution in [2.45, 2.75) is 32.9 Å². The van der Waals surface area contributed by atoms with Crippen LogP contribution in [0.1, 0.15) is 32.4 Å². The second-order valence-electron chi connectivity index (χ2n) is 4.95. The van der Waals surface area contributed by atoms with E-state index in [1.807, 2.05) is 45.2 Å². The Balaban J connectivity index is 2.42. The van der Waals surface area contributed by atoms with Gasteiger partial charge in [0.15, 0.2) is 0 Å². The highest BCUT2D eigenvalue weighted by Crippen LogP contribution is 2.29. The lowest BCUT2D eigenvalue weighted by molar-refractivity contribution is 0.241. The number of rotatable bonds is 4. The molecule has 1 unspecified atom stereocenters. The van der Waals surface area contributed by atoms with Gasteiger partial charge in [0.25, 0.3) is 0 Å². The zero-order valence-electron chi connectivity index (χ0n) is 11.6. The van der Waals surface area contributed by atoms with Gasteiger partial charge >= 0.3 is 0 Å². The zero-order chi connectivity index (χ0) is 13.8. The highest BCUT2D eigenvalue weighted by atomic mass is 16.5. The number of nitrogens with zero attached hydrogens (tertiary/aromatic N) is 1. The van der Waals surface area contributed by atoms with Crippen LogP contribution in [0.4, 0.5) is 0 Å². The summed E-state index contributed by atoms with van der Waals surface area (Å²) in [5.41, 5.74) is 9.28. The Morgan fingerprint density at radius 1 is 1.11 bits per heavy atom. The first-order valence-electron chi connectivity index (χ1n) is 6.54. The van der Waals surface area contributed by atoms with Gasteiger partial charge in [0.1, 0.15) is 5.75 Å². The van der Waals surface area contributed by atoms with Crippen LogP contribution < -0.4 is 10.5 Å². The van der Waals surface area contributed by atoms with Crippen molar-refractivity contribution >= 4 is 0 Å². The number of nitrogens with two attached hydrogens (primary N) is 1. The zero-order valence-corrected chi connectivity index (χ0v) is 11.6. The second-order valence-corrected chi connectivity index (χ2v) is 4.95. The van der Waals surface area contributed by atoms with E-state index in [-0.39, 0.29) is 12.1 Å². The molecular weight excluding hydrogens is 236 g/mol. The molecule has 0 saturated carbocycles. The number of benzene rings is 1. The lowest BCUT2D eigenvalue weighted by Crippen LogP contribution is -2.07. The topological polar surface area (TPSA) is 48.1 Å². The van der Waals surface area contributed by atoms with Crippen molar-refractivity contribution in [2.75, 3.05) is 0 Å². The Kier molecular flexibility index (Phi) is 4.17. The van der Waals surface area contributed by atoms with Gasteiger partial charge in [0.2, 0.25) is 0 Å². The van der Waals surface area contributed by atoms with Gasteiger partial charge in [-0.1, -0.05) is 24.3 Å². The van der Waals surface area contributed by atoms with Crippen LogP contribution in [0, 0.1) is 0 Å². The van der Waals surface area contributed by atoms with Crippen LogP contribution in [-0.4, -0.2) is 11.1 Å². The van der Waals surface area contributed by atoms with Crippen LogP contribution in [0.2, 0.25) is 0 Å². The summed E-state index contributed by atoms with van der Waals surface area (Å²) in [6.45, 7) is 5.99. The summed E-state index contributed by atoms with van der Waals surface area (Å²) in [6, 6.07) is 10.1. The fourth-order valence-electron chi connectivity index (χ4n) is 2.06. The Morgan fingerprint density at radius 2 is 1.84 bits per heavy atom. The van der Waals surface area contributed by atoms with Gasteiger partial charge in [-0.25, -0.2) is 0 Å². The minimum absolute atomic E-state index is 0.00845. The van der Waals surface area contributed by atoms with Gasteiger partial charge < -0.3 is 10.5 Å². The quantitative estimate of drug-likeness (QED) is 0.910. The van der Waals surface area contributed by atoms with Crippen LogP contribution >= 0.6 is 0 Å². The van der Waals surface area contributed by atoms with Gasteiger partial charge in [-0.3, -0.25) is 4.98 Å². The molecule has 0 amide bonds. The third-order valence-corrected chi connectivity index (χ3v) is 2.85. The molecule has 2 aromatic rings. The predicted octanol–water partition coefficient (Wildman–Crippen LogP) is 3.56. The normalized spacial score (nSPS) is 12.5. The Labute approximate surface area is 114 Å². The first kappa shape index (κ1) is 13.6. The van der Waals surface area contributed by atoms with Gasteiger partial charge in [-0.2, -0.15) is 0 Å². The molecule has 0 spiro atoms. The molecule has 0 saturated heterocycles. The van der Waals surface area contributed by atoms with E-state index in [4.69, 9.17) is 10.5 Å². The molecule has 0 aliphatic rings. The molecule has 0 radical (unpaired) electrons. The SMILES string of the molecule is CC(C)Oc1cncc(-c2ccccc2C(C)N)c1.